The number of para-hydroxylation sites is 1. The summed E-state index contributed by atoms with van der Waals surface area (Å²) in [6.45, 7) is 1.99. The lowest BCUT2D eigenvalue weighted by Gasteiger charge is -2.20. The number of nitrogens with one attached hydrogen (secondary N) is 4. The van der Waals surface area contributed by atoms with Gasteiger partial charge in [-0.1, -0.05) is 61.4 Å². The third-order valence-electron chi connectivity index (χ3n) is 7.02. The molecule has 0 aliphatic carbocycles. The van der Waals surface area contributed by atoms with Crippen molar-refractivity contribution in [3.63, 3.8) is 0 Å². The van der Waals surface area contributed by atoms with Crippen LogP contribution in [0.4, 0.5) is 0 Å². The quantitative estimate of drug-likeness (QED) is 0.258. The van der Waals surface area contributed by atoms with Gasteiger partial charge in [0, 0.05) is 36.0 Å². The van der Waals surface area contributed by atoms with Gasteiger partial charge in [0.15, 0.2) is 0 Å². The second-order valence-corrected chi connectivity index (χ2v) is 9.95. The first-order chi connectivity index (χ1) is 18.4. The van der Waals surface area contributed by atoms with E-state index in [2.05, 4.69) is 39.1 Å². The fourth-order valence-corrected chi connectivity index (χ4v) is 5.00. The molecule has 4 rings (SSSR count). The van der Waals surface area contributed by atoms with Gasteiger partial charge in [0.05, 0.1) is 0 Å². The summed E-state index contributed by atoms with van der Waals surface area (Å²) in [5, 5.41) is 9.65. The minimum Gasteiger partial charge on any atom is -0.354 e. The van der Waals surface area contributed by atoms with Gasteiger partial charge < -0.3 is 25.7 Å². The number of H-pyrrole nitrogens is 1. The SMILES string of the molecule is CC(=O)CCCCC[C@H](NC(=O)[C@@H]1CCC(=O)N1)C(=O)NCCc1c(-c2ccccc2)[nH]c2ccccc12. The van der Waals surface area contributed by atoms with E-state index in [1.54, 1.807) is 6.92 Å². The Kier molecular flexibility index (Phi) is 9.30. The predicted octanol–water partition coefficient (Wildman–Crippen LogP) is 3.80. The maximum Gasteiger partial charge on any atom is 0.243 e. The lowest BCUT2D eigenvalue weighted by Crippen LogP contribution is -2.52. The first kappa shape index (κ1) is 27.1. The number of aromatic nitrogens is 1. The molecule has 0 unspecified atom stereocenters. The van der Waals surface area contributed by atoms with Crippen molar-refractivity contribution < 1.29 is 19.2 Å². The zero-order chi connectivity index (χ0) is 26.9. The topological polar surface area (TPSA) is 120 Å². The first-order valence-corrected chi connectivity index (χ1v) is 13.4. The van der Waals surface area contributed by atoms with Crippen molar-refractivity contribution in [1.82, 2.24) is 20.9 Å². The van der Waals surface area contributed by atoms with Crippen LogP contribution in [0.5, 0.6) is 0 Å². The van der Waals surface area contributed by atoms with Crippen LogP contribution >= 0.6 is 0 Å². The van der Waals surface area contributed by atoms with Gasteiger partial charge in [0.25, 0.3) is 0 Å². The lowest BCUT2D eigenvalue weighted by atomic mass is 10.0. The van der Waals surface area contributed by atoms with Crippen LogP contribution in [0.2, 0.25) is 0 Å². The second-order valence-electron chi connectivity index (χ2n) is 9.95. The highest BCUT2D eigenvalue weighted by atomic mass is 16.2. The van der Waals surface area contributed by atoms with Crippen LogP contribution in [0, 0.1) is 0 Å². The van der Waals surface area contributed by atoms with E-state index in [0.29, 0.717) is 45.1 Å². The molecule has 0 bridgehead atoms. The van der Waals surface area contributed by atoms with Gasteiger partial charge in [0.1, 0.15) is 17.9 Å². The Morgan fingerprint density at radius 1 is 1.00 bits per heavy atom. The molecule has 0 radical (unpaired) electrons. The Balaban J connectivity index is 1.41. The van der Waals surface area contributed by atoms with Crippen molar-refractivity contribution >= 4 is 34.4 Å². The summed E-state index contributed by atoms with van der Waals surface area (Å²) < 4.78 is 0. The van der Waals surface area contributed by atoms with Crippen molar-refractivity contribution in [2.24, 2.45) is 0 Å². The van der Waals surface area contributed by atoms with Crippen molar-refractivity contribution in [3.05, 3.63) is 60.2 Å². The summed E-state index contributed by atoms with van der Waals surface area (Å²) in [6.07, 6.45) is 4.63. The van der Waals surface area contributed by atoms with Gasteiger partial charge in [-0.15, -0.1) is 0 Å². The predicted molar refractivity (Wildman–Crippen MR) is 147 cm³/mol. The highest BCUT2D eigenvalue weighted by Gasteiger charge is 2.30. The van der Waals surface area contributed by atoms with E-state index in [-0.39, 0.29) is 23.5 Å². The molecule has 2 atom stereocenters. The molecule has 1 aliphatic heterocycles. The number of rotatable bonds is 13. The van der Waals surface area contributed by atoms with Crippen LogP contribution in [-0.4, -0.2) is 47.1 Å². The normalized spacial score (nSPS) is 15.7. The van der Waals surface area contributed by atoms with E-state index in [1.165, 1.54) is 0 Å². The third kappa shape index (κ3) is 7.09. The summed E-state index contributed by atoms with van der Waals surface area (Å²) in [4.78, 5) is 52.2. The molecule has 2 aromatic carbocycles. The zero-order valence-electron chi connectivity index (χ0n) is 21.8. The molecule has 3 amide bonds. The molecule has 1 aromatic heterocycles. The van der Waals surface area contributed by atoms with Crippen LogP contribution in [0.1, 0.15) is 57.4 Å². The second kappa shape index (κ2) is 13.0. The monoisotopic (exact) mass is 516 g/mol. The van der Waals surface area contributed by atoms with Gasteiger partial charge in [-0.2, -0.15) is 0 Å². The van der Waals surface area contributed by atoms with E-state index >= 15 is 0 Å². The average Bonchev–Trinajstić information content (AvgIpc) is 3.52. The highest BCUT2D eigenvalue weighted by molar-refractivity contribution is 5.94. The van der Waals surface area contributed by atoms with Gasteiger partial charge in [-0.25, -0.2) is 0 Å². The minimum absolute atomic E-state index is 0.150. The number of aromatic amines is 1. The number of benzene rings is 2. The van der Waals surface area contributed by atoms with Crippen LogP contribution in [0.15, 0.2) is 54.6 Å². The number of carbonyl (C=O) groups is 4. The van der Waals surface area contributed by atoms with E-state index in [0.717, 1.165) is 40.6 Å². The Morgan fingerprint density at radius 3 is 2.50 bits per heavy atom. The molecular formula is C30H36N4O4. The van der Waals surface area contributed by atoms with E-state index in [1.807, 2.05) is 36.4 Å². The summed E-state index contributed by atoms with van der Waals surface area (Å²) in [7, 11) is 0. The molecule has 4 N–H and O–H groups in total. The molecule has 2 heterocycles. The van der Waals surface area contributed by atoms with Crippen LogP contribution in [0.25, 0.3) is 22.2 Å². The number of Topliss-reactive ketones (excluding diaryl/α,β-unsaturated/α-hetero) is 1. The molecular weight excluding hydrogens is 480 g/mol. The average molecular weight is 517 g/mol. The third-order valence-corrected chi connectivity index (χ3v) is 7.02. The maximum atomic E-state index is 13.2. The Hall–Kier alpha value is -3.94. The summed E-state index contributed by atoms with van der Waals surface area (Å²) in [5.74, 6) is -0.571. The molecule has 8 nitrogen and oxygen atoms in total. The van der Waals surface area contributed by atoms with Crippen LogP contribution < -0.4 is 16.0 Å². The van der Waals surface area contributed by atoms with E-state index < -0.39 is 12.1 Å². The summed E-state index contributed by atoms with van der Waals surface area (Å²) >= 11 is 0. The molecule has 1 aliphatic rings. The molecule has 0 spiro atoms. The summed E-state index contributed by atoms with van der Waals surface area (Å²) in [5.41, 5.74) is 4.29. The number of carbonyl (C=O) groups excluding carboxylic acids is 4. The van der Waals surface area contributed by atoms with Crippen LogP contribution in [0.3, 0.4) is 0 Å². The first-order valence-electron chi connectivity index (χ1n) is 13.4. The fourth-order valence-electron chi connectivity index (χ4n) is 5.00. The van der Waals surface area contributed by atoms with Gasteiger partial charge in [0.2, 0.25) is 17.7 Å². The number of amides is 3. The molecule has 0 saturated carbocycles. The zero-order valence-corrected chi connectivity index (χ0v) is 21.8. The molecule has 8 heteroatoms. The fraction of sp³-hybridized carbons (Fsp3) is 0.400. The van der Waals surface area contributed by atoms with Gasteiger partial charge in [-0.3, -0.25) is 14.4 Å². The van der Waals surface area contributed by atoms with E-state index in [9.17, 15) is 19.2 Å². The lowest BCUT2D eigenvalue weighted by molar-refractivity contribution is -0.130. The van der Waals surface area contributed by atoms with Crippen molar-refractivity contribution in [3.8, 4) is 11.3 Å². The van der Waals surface area contributed by atoms with Gasteiger partial charge >= 0.3 is 0 Å². The van der Waals surface area contributed by atoms with Gasteiger partial charge in [-0.05, 0) is 49.8 Å². The summed E-state index contributed by atoms with van der Waals surface area (Å²) in [6, 6.07) is 16.9. The molecule has 38 heavy (non-hydrogen) atoms. The highest BCUT2D eigenvalue weighted by Crippen LogP contribution is 2.30. The van der Waals surface area contributed by atoms with Crippen molar-refractivity contribution in [2.45, 2.75) is 70.4 Å². The van der Waals surface area contributed by atoms with E-state index in [4.69, 9.17) is 0 Å². The smallest absolute Gasteiger partial charge is 0.243 e. The molecule has 1 fully saturated rings. The number of ketones is 1. The van der Waals surface area contributed by atoms with Crippen molar-refractivity contribution in [2.75, 3.05) is 6.54 Å². The Bertz CT molecular complexity index is 1280. The number of fused-ring (bicyclic) bond motifs is 1. The largest absolute Gasteiger partial charge is 0.354 e. The molecule has 1 saturated heterocycles. The van der Waals surface area contributed by atoms with Crippen molar-refractivity contribution in [1.29, 1.82) is 0 Å². The maximum absolute atomic E-state index is 13.2. The Morgan fingerprint density at radius 2 is 1.76 bits per heavy atom. The Labute approximate surface area is 223 Å². The van der Waals surface area contributed by atoms with Crippen LogP contribution in [-0.2, 0) is 25.6 Å². The molecule has 200 valence electrons. The minimum atomic E-state index is -0.700. The number of hydrogen-bond donors (Lipinski definition) is 4. The molecule has 3 aromatic rings. The standard InChI is InChI=1S/C30H36N4O4/c1-20(35)10-4-2-7-15-25(34-30(38)26-16-17-27(36)32-26)29(37)31-19-18-23-22-13-8-9-14-24(22)33-28(23)21-11-5-3-6-12-21/h3,5-6,8-9,11-14,25-26,33H,2,4,7,10,15-19H2,1H3,(H,31,37)(H,32,36)(H,34,38)/t25-,26-/m0/s1. The number of unbranched alkanes of at least 4 members (excludes halogenated alkanes) is 2. The number of hydrogen-bond acceptors (Lipinski definition) is 4.